The second kappa shape index (κ2) is 7.02. The highest BCUT2D eigenvalue weighted by Gasteiger charge is 2.16. The van der Waals surface area contributed by atoms with Crippen molar-refractivity contribution in [1.82, 2.24) is 5.32 Å². The molecule has 1 aromatic carbocycles. The fraction of sp³-hybridized carbons (Fsp3) is 0.500. The fourth-order valence-electron chi connectivity index (χ4n) is 2.19. The van der Waals surface area contributed by atoms with Gasteiger partial charge in [0, 0.05) is 25.5 Å². The molecule has 1 saturated heterocycles. The molecule has 1 atom stereocenters. The van der Waals surface area contributed by atoms with E-state index in [9.17, 15) is 13.2 Å². The van der Waals surface area contributed by atoms with Gasteiger partial charge >= 0.3 is 0 Å². The highest BCUT2D eigenvalue weighted by atomic mass is 32.2. The second-order valence-electron chi connectivity index (χ2n) is 5.22. The quantitative estimate of drug-likeness (QED) is 0.795. The predicted molar refractivity (Wildman–Crippen MR) is 78.1 cm³/mol. The molecule has 0 radical (unpaired) electrons. The first kappa shape index (κ1) is 15.9. The smallest absolute Gasteiger partial charge is 0.238 e. The number of benzene rings is 1. The number of carbonyl (C=O) groups excluding carboxylic acids is 1. The molecule has 2 rings (SSSR count). The van der Waals surface area contributed by atoms with Crippen LogP contribution < -0.4 is 10.5 Å². The SMILES string of the molecule is NS(=O)(=O)c1ccc(CCC(=O)NC[C@H]2CCOC2)cc1. The van der Waals surface area contributed by atoms with Crippen LogP contribution in [0.3, 0.4) is 0 Å². The number of sulfonamides is 1. The van der Waals surface area contributed by atoms with Crippen molar-refractivity contribution in [2.24, 2.45) is 11.1 Å². The molecule has 116 valence electrons. The van der Waals surface area contributed by atoms with E-state index < -0.39 is 10.0 Å². The molecule has 1 aromatic rings. The minimum atomic E-state index is -3.66. The molecule has 1 aliphatic rings. The molecule has 1 aliphatic heterocycles. The number of amides is 1. The van der Waals surface area contributed by atoms with Crippen molar-refractivity contribution < 1.29 is 17.9 Å². The van der Waals surface area contributed by atoms with E-state index in [1.165, 1.54) is 12.1 Å². The van der Waals surface area contributed by atoms with Gasteiger partial charge in [-0.15, -0.1) is 0 Å². The van der Waals surface area contributed by atoms with E-state index in [0.717, 1.165) is 25.2 Å². The highest BCUT2D eigenvalue weighted by molar-refractivity contribution is 7.89. The third kappa shape index (κ3) is 5.11. The molecule has 7 heteroatoms. The summed E-state index contributed by atoms with van der Waals surface area (Å²) in [6.45, 7) is 2.15. The van der Waals surface area contributed by atoms with E-state index in [-0.39, 0.29) is 10.8 Å². The molecule has 1 amide bonds. The molecule has 0 spiro atoms. The Labute approximate surface area is 124 Å². The van der Waals surface area contributed by atoms with Gasteiger partial charge in [-0.1, -0.05) is 12.1 Å². The van der Waals surface area contributed by atoms with Crippen LogP contribution in [0.5, 0.6) is 0 Å². The van der Waals surface area contributed by atoms with Crippen molar-refractivity contribution >= 4 is 15.9 Å². The summed E-state index contributed by atoms with van der Waals surface area (Å²) in [5.41, 5.74) is 0.904. The number of rotatable bonds is 6. The van der Waals surface area contributed by atoms with Crippen LogP contribution in [0.15, 0.2) is 29.2 Å². The minimum Gasteiger partial charge on any atom is -0.381 e. The summed E-state index contributed by atoms with van der Waals surface area (Å²) in [5, 5.41) is 7.92. The Balaban J connectivity index is 1.75. The number of primary sulfonamides is 1. The van der Waals surface area contributed by atoms with Crippen LogP contribution in [-0.2, 0) is 26.0 Å². The molecular weight excluding hydrogens is 292 g/mol. The molecule has 1 fully saturated rings. The first-order chi connectivity index (χ1) is 9.95. The van der Waals surface area contributed by atoms with Gasteiger partial charge in [-0.05, 0) is 30.5 Å². The van der Waals surface area contributed by atoms with Gasteiger partial charge < -0.3 is 10.1 Å². The lowest BCUT2D eigenvalue weighted by atomic mass is 10.1. The molecule has 0 bridgehead atoms. The molecule has 0 aromatic heterocycles. The number of carbonyl (C=O) groups is 1. The number of aryl methyl sites for hydroxylation is 1. The van der Waals surface area contributed by atoms with Crippen LogP contribution >= 0.6 is 0 Å². The highest BCUT2D eigenvalue weighted by Crippen LogP contribution is 2.12. The second-order valence-corrected chi connectivity index (χ2v) is 6.78. The maximum Gasteiger partial charge on any atom is 0.238 e. The van der Waals surface area contributed by atoms with Crippen LogP contribution in [0.25, 0.3) is 0 Å². The minimum absolute atomic E-state index is 0.00239. The van der Waals surface area contributed by atoms with Crippen molar-refractivity contribution in [2.75, 3.05) is 19.8 Å². The molecule has 0 saturated carbocycles. The maximum atomic E-state index is 11.7. The van der Waals surface area contributed by atoms with Crippen LogP contribution in [0.2, 0.25) is 0 Å². The lowest BCUT2D eigenvalue weighted by Gasteiger charge is -2.09. The lowest BCUT2D eigenvalue weighted by Crippen LogP contribution is -2.29. The van der Waals surface area contributed by atoms with Gasteiger partial charge in [0.2, 0.25) is 15.9 Å². The Morgan fingerprint density at radius 3 is 2.62 bits per heavy atom. The van der Waals surface area contributed by atoms with E-state index in [4.69, 9.17) is 9.88 Å². The van der Waals surface area contributed by atoms with Gasteiger partial charge in [0.25, 0.3) is 0 Å². The Hall–Kier alpha value is -1.44. The first-order valence-corrected chi connectivity index (χ1v) is 8.46. The summed E-state index contributed by atoms with van der Waals surface area (Å²) in [6.07, 6.45) is 1.94. The average Bonchev–Trinajstić information content (AvgIpc) is 2.95. The van der Waals surface area contributed by atoms with Gasteiger partial charge in [-0.25, -0.2) is 13.6 Å². The zero-order valence-electron chi connectivity index (χ0n) is 11.7. The third-order valence-electron chi connectivity index (χ3n) is 3.50. The van der Waals surface area contributed by atoms with Gasteiger partial charge in [-0.3, -0.25) is 4.79 Å². The summed E-state index contributed by atoms with van der Waals surface area (Å²) in [5.74, 6) is 0.417. The third-order valence-corrected chi connectivity index (χ3v) is 4.43. The van der Waals surface area contributed by atoms with Gasteiger partial charge in [0.15, 0.2) is 0 Å². The zero-order chi connectivity index (χ0) is 15.3. The van der Waals surface area contributed by atoms with Crippen molar-refractivity contribution in [2.45, 2.75) is 24.2 Å². The largest absolute Gasteiger partial charge is 0.381 e. The Morgan fingerprint density at radius 1 is 1.33 bits per heavy atom. The molecule has 0 unspecified atom stereocenters. The summed E-state index contributed by atoms with van der Waals surface area (Å²) >= 11 is 0. The fourth-order valence-corrected chi connectivity index (χ4v) is 2.71. The van der Waals surface area contributed by atoms with Crippen molar-refractivity contribution in [3.63, 3.8) is 0 Å². The Morgan fingerprint density at radius 2 is 2.05 bits per heavy atom. The van der Waals surface area contributed by atoms with Crippen molar-refractivity contribution in [3.05, 3.63) is 29.8 Å². The number of nitrogens with one attached hydrogen (secondary N) is 1. The van der Waals surface area contributed by atoms with Crippen LogP contribution in [0, 0.1) is 5.92 Å². The molecule has 21 heavy (non-hydrogen) atoms. The normalized spacial score (nSPS) is 18.6. The molecule has 1 heterocycles. The van der Waals surface area contributed by atoms with Crippen molar-refractivity contribution in [1.29, 1.82) is 0 Å². The number of hydrogen-bond donors (Lipinski definition) is 2. The van der Waals surface area contributed by atoms with Crippen LogP contribution in [0.4, 0.5) is 0 Å². The monoisotopic (exact) mass is 312 g/mol. The van der Waals surface area contributed by atoms with E-state index in [1.807, 2.05) is 0 Å². The van der Waals surface area contributed by atoms with Gasteiger partial charge in [0.1, 0.15) is 0 Å². The van der Waals surface area contributed by atoms with E-state index in [2.05, 4.69) is 5.32 Å². The first-order valence-electron chi connectivity index (χ1n) is 6.91. The summed E-state index contributed by atoms with van der Waals surface area (Å²) < 4.78 is 27.5. The van der Waals surface area contributed by atoms with E-state index >= 15 is 0 Å². The van der Waals surface area contributed by atoms with Crippen LogP contribution in [-0.4, -0.2) is 34.1 Å². The number of ether oxygens (including phenoxy) is 1. The van der Waals surface area contributed by atoms with Gasteiger partial charge in [0.05, 0.1) is 11.5 Å². The average molecular weight is 312 g/mol. The standard InChI is InChI=1S/C14H20N2O4S/c15-21(18,19)13-4-1-11(2-5-13)3-6-14(17)16-9-12-7-8-20-10-12/h1-2,4-5,12H,3,6-10H2,(H,16,17)(H2,15,18,19)/t12-/m1/s1. The van der Waals surface area contributed by atoms with Gasteiger partial charge in [-0.2, -0.15) is 0 Å². The van der Waals surface area contributed by atoms with E-state index in [1.54, 1.807) is 12.1 Å². The van der Waals surface area contributed by atoms with Crippen LogP contribution in [0.1, 0.15) is 18.4 Å². The maximum absolute atomic E-state index is 11.7. The lowest BCUT2D eigenvalue weighted by molar-refractivity contribution is -0.121. The molecule has 6 nitrogen and oxygen atoms in total. The molecule has 3 N–H and O–H groups in total. The molecular formula is C14H20N2O4S. The summed E-state index contributed by atoms with van der Waals surface area (Å²) in [4.78, 5) is 11.8. The number of nitrogens with two attached hydrogens (primary N) is 1. The Bertz CT molecular complexity index is 577. The van der Waals surface area contributed by atoms with E-state index in [0.29, 0.717) is 25.3 Å². The summed E-state index contributed by atoms with van der Waals surface area (Å²) in [6, 6.07) is 6.27. The predicted octanol–water partition coefficient (Wildman–Crippen LogP) is 0.419. The summed E-state index contributed by atoms with van der Waals surface area (Å²) in [7, 11) is -3.66. The van der Waals surface area contributed by atoms with Crippen molar-refractivity contribution in [3.8, 4) is 0 Å². The number of hydrogen-bond acceptors (Lipinski definition) is 4. The topological polar surface area (TPSA) is 98.5 Å². The zero-order valence-corrected chi connectivity index (χ0v) is 12.6. The molecule has 0 aliphatic carbocycles. The Kier molecular flexibility index (Phi) is 5.33.